The van der Waals surface area contributed by atoms with Crippen LogP contribution in [0.15, 0.2) is 16.6 Å². The summed E-state index contributed by atoms with van der Waals surface area (Å²) in [5.74, 6) is 0. The Kier molecular flexibility index (Phi) is 3.05. The van der Waals surface area contributed by atoms with Crippen LogP contribution in [0.1, 0.15) is 25.0 Å². The molecule has 13 heavy (non-hydrogen) atoms. The van der Waals surface area contributed by atoms with Gasteiger partial charge in [0.1, 0.15) is 0 Å². The molecule has 3 heteroatoms. The van der Waals surface area contributed by atoms with Crippen molar-refractivity contribution in [2.24, 2.45) is 0 Å². The highest BCUT2D eigenvalue weighted by Gasteiger charge is 2.20. The van der Waals surface area contributed by atoms with E-state index in [0.29, 0.717) is 5.02 Å². The van der Waals surface area contributed by atoms with E-state index in [1.807, 2.05) is 19.1 Å². The summed E-state index contributed by atoms with van der Waals surface area (Å²) in [6, 6.07) is 3.72. The maximum absolute atomic E-state index is 9.84. The number of halogens is 2. The van der Waals surface area contributed by atoms with E-state index >= 15 is 0 Å². The fourth-order valence-corrected chi connectivity index (χ4v) is 2.09. The van der Waals surface area contributed by atoms with Crippen LogP contribution in [-0.4, -0.2) is 5.11 Å². The molecular weight excluding hydrogens is 251 g/mol. The summed E-state index contributed by atoms with van der Waals surface area (Å²) < 4.78 is 0.889. The largest absolute Gasteiger partial charge is 0.386 e. The van der Waals surface area contributed by atoms with E-state index in [0.717, 1.165) is 15.6 Å². The van der Waals surface area contributed by atoms with E-state index < -0.39 is 5.60 Å². The predicted octanol–water partition coefficient (Wildman–Crippen LogP) is 3.64. The molecule has 0 amide bonds. The molecule has 1 rings (SSSR count). The summed E-state index contributed by atoms with van der Waals surface area (Å²) in [5, 5.41) is 10.5. The molecule has 0 atom stereocenters. The van der Waals surface area contributed by atoms with Gasteiger partial charge in [0.15, 0.2) is 0 Å². The van der Waals surface area contributed by atoms with Crippen LogP contribution in [0, 0.1) is 6.92 Å². The smallest absolute Gasteiger partial charge is 0.0844 e. The zero-order valence-corrected chi connectivity index (χ0v) is 10.2. The first-order valence-corrected chi connectivity index (χ1v) is 5.18. The van der Waals surface area contributed by atoms with Gasteiger partial charge in [-0.2, -0.15) is 0 Å². The van der Waals surface area contributed by atoms with Crippen molar-refractivity contribution in [3.63, 3.8) is 0 Å². The molecular formula is C10H12BrClO. The normalized spacial score (nSPS) is 11.8. The lowest BCUT2D eigenvalue weighted by Crippen LogP contribution is -2.17. The van der Waals surface area contributed by atoms with Gasteiger partial charge >= 0.3 is 0 Å². The molecule has 0 saturated heterocycles. The number of benzene rings is 1. The fourth-order valence-electron chi connectivity index (χ4n) is 1.28. The van der Waals surface area contributed by atoms with Crippen molar-refractivity contribution < 1.29 is 5.11 Å². The van der Waals surface area contributed by atoms with Crippen LogP contribution >= 0.6 is 27.5 Å². The summed E-state index contributed by atoms with van der Waals surface area (Å²) in [5.41, 5.74) is 0.932. The van der Waals surface area contributed by atoms with Crippen molar-refractivity contribution in [2.45, 2.75) is 26.4 Å². The zero-order chi connectivity index (χ0) is 10.2. The quantitative estimate of drug-likeness (QED) is 0.820. The van der Waals surface area contributed by atoms with Crippen LogP contribution in [0.25, 0.3) is 0 Å². The molecule has 1 aromatic rings. The SMILES string of the molecule is Cc1c(Cl)cc(Br)cc1C(C)(C)O. The number of aliphatic hydroxyl groups is 1. The minimum atomic E-state index is -0.850. The third-order valence-electron chi connectivity index (χ3n) is 1.97. The minimum absolute atomic E-state index is 0.673. The second kappa shape index (κ2) is 3.60. The van der Waals surface area contributed by atoms with E-state index in [2.05, 4.69) is 15.9 Å². The van der Waals surface area contributed by atoms with Crippen LogP contribution in [0.4, 0.5) is 0 Å². The Morgan fingerprint density at radius 3 is 2.38 bits per heavy atom. The lowest BCUT2D eigenvalue weighted by atomic mass is 9.94. The maximum atomic E-state index is 9.84. The van der Waals surface area contributed by atoms with Crippen LogP contribution < -0.4 is 0 Å². The highest BCUT2D eigenvalue weighted by Crippen LogP contribution is 2.31. The first kappa shape index (κ1) is 11.0. The molecule has 0 saturated carbocycles. The van der Waals surface area contributed by atoms with Gasteiger partial charge in [0.25, 0.3) is 0 Å². The van der Waals surface area contributed by atoms with Gasteiger partial charge in [-0.3, -0.25) is 0 Å². The minimum Gasteiger partial charge on any atom is -0.386 e. The van der Waals surface area contributed by atoms with Gasteiger partial charge in [-0.05, 0) is 44.0 Å². The second-order valence-electron chi connectivity index (χ2n) is 3.62. The Labute approximate surface area is 91.9 Å². The zero-order valence-electron chi connectivity index (χ0n) is 7.86. The first-order chi connectivity index (χ1) is 5.82. The van der Waals surface area contributed by atoms with Gasteiger partial charge in [-0.15, -0.1) is 0 Å². The Morgan fingerprint density at radius 2 is 1.92 bits per heavy atom. The van der Waals surface area contributed by atoms with E-state index in [9.17, 15) is 5.11 Å². The Hall–Kier alpha value is -0.0500. The number of hydrogen-bond donors (Lipinski definition) is 1. The summed E-state index contributed by atoms with van der Waals surface area (Å²) in [7, 11) is 0. The maximum Gasteiger partial charge on any atom is 0.0844 e. The molecule has 0 aliphatic carbocycles. The molecule has 72 valence electrons. The summed E-state index contributed by atoms with van der Waals surface area (Å²) in [6.45, 7) is 5.40. The molecule has 0 spiro atoms. The van der Waals surface area contributed by atoms with E-state index in [1.54, 1.807) is 13.8 Å². The highest BCUT2D eigenvalue weighted by molar-refractivity contribution is 9.10. The standard InChI is InChI=1S/C10H12BrClO/c1-6-8(10(2,3)13)4-7(11)5-9(6)12/h4-5,13H,1-3H3. The van der Waals surface area contributed by atoms with E-state index in [-0.39, 0.29) is 0 Å². The van der Waals surface area contributed by atoms with Crippen molar-refractivity contribution in [3.8, 4) is 0 Å². The van der Waals surface area contributed by atoms with Crippen molar-refractivity contribution in [1.82, 2.24) is 0 Å². The van der Waals surface area contributed by atoms with Gasteiger partial charge in [0.2, 0.25) is 0 Å². The molecule has 0 radical (unpaired) electrons. The second-order valence-corrected chi connectivity index (χ2v) is 4.94. The average molecular weight is 264 g/mol. The molecule has 0 aliphatic heterocycles. The molecule has 0 unspecified atom stereocenters. The Balaban J connectivity index is 3.37. The van der Waals surface area contributed by atoms with Crippen molar-refractivity contribution in [3.05, 3.63) is 32.8 Å². The van der Waals surface area contributed by atoms with Gasteiger partial charge in [-0.25, -0.2) is 0 Å². The van der Waals surface area contributed by atoms with Gasteiger partial charge in [0.05, 0.1) is 5.60 Å². The Bertz CT molecular complexity index is 328. The van der Waals surface area contributed by atoms with E-state index in [4.69, 9.17) is 11.6 Å². The molecule has 1 aromatic carbocycles. The van der Waals surface area contributed by atoms with Crippen LogP contribution in [0.2, 0.25) is 5.02 Å². The van der Waals surface area contributed by atoms with Gasteiger partial charge in [-0.1, -0.05) is 27.5 Å². The summed E-state index contributed by atoms with van der Waals surface area (Å²) >= 11 is 9.33. The van der Waals surface area contributed by atoms with Gasteiger partial charge in [0, 0.05) is 9.50 Å². The predicted molar refractivity (Wildman–Crippen MR) is 59.1 cm³/mol. The average Bonchev–Trinajstić information content (AvgIpc) is 1.94. The lowest BCUT2D eigenvalue weighted by Gasteiger charge is -2.21. The van der Waals surface area contributed by atoms with Crippen LogP contribution in [-0.2, 0) is 5.60 Å². The number of hydrogen-bond acceptors (Lipinski definition) is 1. The molecule has 0 heterocycles. The van der Waals surface area contributed by atoms with Gasteiger partial charge < -0.3 is 5.11 Å². The fraction of sp³-hybridized carbons (Fsp3) is 0.400. The topological polar surface area (TPSA) is 20.2 Å². The highest BCUT2D eigenvalue weighted by atomic mass is 79.9. The van der Waals surface area contributed by atoms with Crippen molar-refractivity contribution in [1.29, 1.82) is 0 Å². The summed E-state index contributed by atoms with van der Waals surface area (Å²) in [6.07, 6.45) is 0. The lowest BCUT2D eigenvalue weighted by molar-refractivity contribution is 0.0779. The van der Waals surface area contributed by atoms with Crippen LogP contribution in [0.5, 0.6) is 0 Å². The number of rotatable bonds is 1. The van der Waals surface area contributed by atoms with E-state index in [1.165, 1.54) is 0 Å². The molecule has 0 aromatic heterocycles. The molecule has 0 bridgehead atoms. The third-order valence-corrected chi connectivity index (χ3v) is 2.82. The Morgan fingerprint density at radius 1 is 1.38 bits per heavy atom. The molecule has 0 fully saturated rings. The van der Waals surface area contributed by atoms with Crippen molar-refractivity contribution in [2.75, 3.05) is 0 Å². The molecule has 0 aliphatic rings. The monoisotopic (exact) mass is 262 g/mol. The van der Waals surface area contributed by atoms with Crippen molar-refractivity contribution >= 4 is 27.5 Å². The molecule has 1 nitrogen and oxygen atoms in total. The van der Waals surface area contributed by atoms with Crippen LogP contribution in [0.3, 0.4) is 0 Å². The summed E-state index contributed by atoms with van der Waals surface area (Å²) in [4.78, 5) is 0. The third kappa shape index (κ3) is 2.46. The first-order valence-electron chi connectivity index (χ1n) is 4.01. The molecule has 1 N–H and O–H groups in total.